The minimum Gasteiger partial charge on any atom is -0.427 e. The number of fused-ring (bicyclic) bond motifs is 5. The van der Waals surface area contributed by atoms with Crippen molar-refractivity contribution in [2.75, 3.05) is 4.90 Å². The fourth-order valence-corrected chi connectivity index (χ4v) is 4.91. The smallest absolute Gasteiger partial charge is 0.308 e. The molecule has 156 valence electrons. The van der Waals surface area contributed by atoms with Crippen LogP contribution >= 0.6 is 0 Å². The zero-order valence-corrected chi connectivity index (χ0v) is 16.9. The first kappa shape index (κ1) is 19.2. The van der Waals surface area contributed by atoms with Crippen molar-refractivity contribution in [2.45, 2.75) is 25.9 Å². The van der Waals surface area contributed by atoms with Crippen LogP contribution in [0.25, 0.3) is 0 Å². The molecule has 31 heavy (non-hydrogen) atoms. The van der Waals surface area contributed by atoms with Gasteiger partial charge in [0.25, 0.3) is 0 Å². The Labute approximate surface area is 178 Å². The van der Waals surface area contributed by atoms with Crippen LogP contribution in [0.3, 0.4) is 0 Å². The van der Waals surface area contributed by atoms with Crippen molar-refractivity contribution in [1.29, 1.82) is 0 Å². The maximum Gasteiger partial charge on any atom is 0.308 e. The van der Waals surface area contributed by atoms with Crippen molar-refractivity contribution < 1.29 is 23.9 Å². The second kappa shape index (κ2) is 6.87. The first-order chi connectivity index (χ1) is 14.9. The number of esters is 1. The molecule has 0 unspecified atom stereocenters. The lowest BCUT2D eigenvalue weighted by molar-refractivity contribution is -0.132. The number of imide groups is 1. The normalized spacial score (nSPS) is 25.9. The lowest BCUT2D eigenvalue weighted by atomic mass is 9.84. The molecule has 0 N–H and O–H groups in total. The Bertz CT molecular complexity index is 1160. The molecule has 5 rings (SSSR count). The summed E-state index contributed by atoms with van der Waals surface area (Å²) in [4.78, 5) is 51.8. The lowest BCUT2D eigenvalue weighted by Gasteiger charge is -2.33. The summed E-state index contributed by atoms with van der Waals surface area (Å²) in [7, 11) is 0. The van der Waals surface area contributed by atoms with Crippen molar-refractivity contribution in [3.63, 3.8) is 0 Å². The first-order valence-corrected chi connectivity index (χ1v) is 9.96. The quantitative estimate of drug-likeness (QED) is 0.431. The Hall–Kier alpha value is -3.81. The molecule has 3 aliphatic heterocycles. The molecule has 0 spiro atoms. The molecule has 2 amide bonds. The summed E-state index contributed by atoms with van der Waals surface area (Å²) in [5, 5.41) is 6.06. The highest BCUT2D eigenvalue weighted by Crippen LogP contribution is 2.52. The summed E-state index contributed by atoms with van der Waals surface area (Å²) in [5.41, 5.74) is 2.13. The fraction of sp³-hybridized carbons (Fsp3) is 0.261. The summed E-state index contributed by atoms with van der Waals surface area (Å²) in [6.07, 6.45) is 1.67. The predicted molar refractivity (Wildman–Crippen MR) is 110 cm³/mol. The third-order valence-electron chi connectivity index (χ3n) is 6.07. The van der Waals surface area contributed by atoms with Gasteiger partial charge in [-0.25, -0.2) is 4.90 Å². The Balaban J connectivity index is 1.56. The number of Topliss-reactive ketones (excluding diaryl/α,β-unsaturated/α-hetero) is 1. The number of hydrogen-bond acceptors (Lipinski definition) is 7. The van der Waals surface area contributed by atoms with E-state index in [2.05, 4.69) is 5.10 Å². The lowest BCUT2D eigenvalue weighted by Crippen LogP contribution is -2.43. The molecule has 0 radical (unpaired) electrons. The molecule has 8 nitrogen and oxygen atoms in total. The zero-order valence-electron chi connectivity index (χ0n) is 16.9. The minimum atomic E-state index is -0.813. The van der Waals surface area contributed by atoms with Crippen molar-refractivity contribution in [1.82, 2.24) is 5.01 Å². The minimum absolute atomic E-state index is 0.206. The molecule has 4 atom stereocenters. The van der Waals surface area contributed by atoms with E-state index in [0.717, 1.165) is 16.0 Å². The van der Waals surface area contributed by atoms with Gasteiger partial charge < -0.3 is 4.74 Å². The van der Waals surface area contributed by atoms with Crippen LogP contribution in [0.1, 0.15) is 31.0 Å². The van der Waals surface area contributed by atoms with Crippen LogP contribution in [0, 0.1) is 11.8 Å². The van der Waals surface area contributed by atoms with Gasteiger partial charge >= 0.3 is 5.97 Å². The van der Waals surface area contributed by atoms with Crippen molar-refractivity contribution in [2.24, 2.45) is 16.9 Å². The summed E-state index contributed by atoms with van der Waals surface area (Å²) in [5.74, 6) is -2.66. The molecule has 0 aliphatic carbocycles. The molecule has 2 fully saturated rings. The van der Waals surface area contributed by atoms with E-state index < -0.39 is 35.8 Å². The number of carbonyl (C=O) groups is 4. The molecule has 2 aromatic carbocycles. The zero-order chi connectivity index (χ0) is 21.9. The maximum absolute atomic E-state index is 13.5. The van der Waals surface area contributed by atoms with Gasteiger partial charge in [-0.05, 0) is 42.3 Å². The summed E-state index contributed by atoms with van der Waals surface area (Å²) in [6.45, 7) is 2.72. The van der Waals surface area contributed by atoms with E-state index in [-0.39, 0.29) is 11.7 Å². The van der Waals surface area contributed by atoms with Crippen LogP contribution in [0.5, 0.6) is 5.75 Å². The monoisotopic (exact) mass is 417 g/mol. The molecule has 8 heteroatoms. The van der Waals surface area contributed by atoms with Gasteiger partial charge in [-0.1, -0.05) is 24.3 Å². The van der Waals surface area contributed by atoms with Gasteiger partial charge in [-0.2, -0.15) is 5.10 Å². The highest BCUT2D eigenvalue weighted by atomic mass is 16.5. The van der Waals surface area contributed by atoms with Crippen LogP contribution in [-0.4, -0.2) is 40.8 Å². The standard InChI is InChI=1S/C23H19N3O5/c1-12(27)20-18-19(21-17-6-4-3-5-14(17)11-24-26(20)21)23(30)25(22(18)29)15-7-9-16(10-8-15)31-13(2)28/h3-11,18-21H,1-2H3/t18-,19-,20-,21+/m0/s1. The third-order valence-corrected chi connectivity index (χ3v) is 6.07. The summed E-state index contributed by atoms with van der Waals surface area (Å²) in [6, 6.07) is 12.5. The van der Waals surface area contributed by atoms with E-state index in [1.165, 1.54) is 26.0 Å². The molecular formula is C23H19N3O5. The van der Waals surface area contributed by atoms with Gasteiger partial charge in [0.05, 0.1) is 29.8 Å². The van der Waals surface area contributed by atoms with E-state index in [0.29, 0.717) is 11.4 Å². The first-order valence-electron chi connectivity index (χ1n) is 9.96. The molecule has 3 heterocycles. The predicted octanol–water partition coefficient (Wildman–Crippen LogP) is 2.08. The van der Waals surface area contributed by atoms with Crippen LogP contribution < -0.4 is 9.64 Å². The summed E-state index contributed by atoms with van der Waals surface area (Å²) < 4.78 is 5.02. The highest BCUT2D eigenvalue weighted by Gasteiger charge is 2.64. The second-order valence-electron chi connectivity index (χ2n) is 7.90. The molecule has 2 aromatic rings. The van der Waals surface area contributed by atoms with Crippen molar-refractivity contribution in [3.05, 3.63) is 59.7 Å². The largest absolute Gasteiger partial charge is 0.427 e. The molecule has 3 aliphatic rings. The second-order valence-corrected chi connectivity index (χ2v) is 7.90. The Morgan fingerprint density at radius 2 is 1.61 bits per heavy atom. The molecular weight excluding hydrogens is 398 g/mol. The van der Waals surface area contributed by atoms with E-state index in [9.17, 15) is 19.2 Å². The average Bonchev–Trinajstić information content (AvgIpc) is 3.21. The van der Waals surface area contributed by atoms with Crippen LogP contribution in [0.15, 0.2) is 53.6 Å². The maximum atomic E-state index is 13.5. The van der Waals surface area contributed by atoms with E-state index in [1.807, 2.05) is 24.3 Å². The van der Waals surface area contributed by atoms with Crippen molar-refractivity contribution in [3.8, 4) is 5.75 Å². The number of ketones is 1. The van der Waals surface area contributed by atoms with E-state index in [1.54, 1.807) is 23.4 Å². The van der Waals surface area contributed by atoms with Gasteiger partial charge in [0.15, 0.2) is 5.78 Å². The van der Waals surface area contributed by atoms with Crippen LogP contribution in [0.4, 0.5) is 5.69 Å². The van der Waals surface area contributed by atoms with Gasteiger partial charge in [0.2, 0.25) is 11.8 Å². The number of rotatable bonds is 3. The average molecular weight is 417 g/mol. The fourth-order valence-electron chi connectivity index (χ4n) is 4.91. The van der Waals surface area contributed by atoms with Gasteiger partial charge in [0, 0.05) is 6.92 Å². The molecule has 2 saturated heterocycles. The summed E-state index contributed by atoms with van der Waals surface area (Å²) >= 11 is 0. The number of anilines is 1. The number of carbonyl (C=O) groups excluding carboxylic acids is 4. The number of benzene rings is 2. The molecule has 0 bridgehead atoms. The van der Waals surface area contributed by atoms with Crippen molar-refractivity contribution >= 4 is 35.5 Å². The number of ether oxygens (including phenoxy) is 1. The highest BCUT2D eigenvalue weighted by molar-refractivity contribution is 6.24. The molecule has 0 aromatic heterocycles. The third kappa shape index (κ3) is 2.78. The molecule has 0 saturated carbocycles. The van der Waals surface area contributed by atoms with E-state index >= 15 is 0 Å². The van der Waals surface area contributed by atoms with Crippen LogP contribution in [0.2, 0.25) is 0 Å². The van der Waals surface area contributed by atoms with Gasteiger partial charge in [-0.15, -0.1) is 0 Å². The Morgan fingerprint density at radius 1 is 0.935 bits per heavy atom. The van der Waals surface area contributed by atoms with Gasteiger partial charge in [-0.3, -0.25) is 24.2 Å². The Kier molecular flexibility index (Phi) is 4.25. The number of hydrogen-bond donors (Lipinski definition) is 0. The number of hydrazone groups is 1. The topological polar surface area (TPSA) is 96.3 Å². The van der Waals surface area contributed by atoms with E-state index in [4.69, 9.17) is 4.74 Å². The number of nitrogens with zero attached hydrogens (tertiary/aromatic N) is 3. The van der Waals surface area contributed by atoms with Gasteiger partial charge in [0.1, 0.15) is 11.8 Å². The Morgan fingerprint density at radius 3 is 2.29 bits per heavy atom. The SMILES string of the molecule is CC(=O)Oc1ccc(N2C(=O)[C@H]3[C@H](C2=O)[C@H](C(C)=O)N2N=Cc4ccccc4[C@H]32)cc1. The number of amides is 2. The van der Waals surface area contributed by atoms with Crippen LogP contribution in [-0.2, 0) is 19.2 Å².